The lowest BCUT2D eigenvalue weighted by Crippen LogP contribution is -2.28. The van der Waals surface area contributed by atoms with Gasteiger partial charge in [0.25, 0.3) is 0 Å². The first-order chi connectivity index (χ1) is 12.0. The van der Waals surface area contributed by atoms with Crippen LogP contribution in [0.3, 0.4) is 0 Å². The topological polar surface area (TPSA) is 58.6 Å². The lowest BCUT2D eigenvalue weighted by Gasteiger charge is -2.17. The fourth-order valence-electron chi connectivity index (χ4n) is 2.77. The molecule has 0 radical (unpaired) electrons. The van der Waals surface area contributed by atoms with Gasteiger partial charge in [0.1, 0.15) is 5.75 Å². The number of methoxy groups -OCH3 is 1. The van der Waals surface area contributed by atoms with Gasteiger partial charge < -0.3 is 15.0 Å². The van der Waals surface area contributed by atoms with Crippen molar-refractivity contribution >= 4 is 46.4 Å². The predicted molar refractivity (Wildman–Crippen MR) is 98.5 cm³/mol. The van der Waals surface area contributed by atoms with E-state index in [0.717, 1.165) is 0 Å². The summed E-state index contributed by atoms with van der Waals surface area (Å²) in [6, 6.07) is 12.1. The van der Waals surface area contributed by atoms with Crippen LogP contribution in [-0.4, -0.2) is 25.5 Å². The summed E-state index contributed by atoms with van der Waals surface area (Å²) in [6.45, 7) is 0.289. The molecule has 1 fully saturated rings. The average molecular weight is 379 g/mol. The first kappa shape index (κ1) is 17.6. The quantitative estimate of drug-likeness (QED) is 0.874. The van der Waals surface area contributed by atoms with Gasteiger partial charge in [-0.25, -0.2) is 0 Å². The van der Waals surface area contributed by atoms with Gasteiger partial charge in [0.15, 0.2) is 0 Å². The van der Waals surface area contributed by atoms with E-state index in [1.54, 1.807) is 41.3 Å². The highest BCUT2D eigenvalue weighted by Gasteiger charge is 2.35. The summed E-state index contributed by atoms with van der Waals surface area (Å²) in [4.78, 5) is 26.4. The van der Waals surface area contributed by atoms with E-state index in [-0.39, 0.29) is 24.8 Å². The molecule has 1 aliphatic heterocycles. The van der Waals surface area contributed by atoms with Crippen LogP contribution in [0, 0.1) is 5.92 Å². The Morgan fingerprint density at radius 1 is 1.20 bits per heavy atom. The number of anilines is 2. The number of nitrogens with one attached hydrogen (secondary N) is 1. The van der Waals surface area contributed by atoms with Crippen molar-refractivity contribution in [2.75, 3.05) is 23.9 Å². The minimum Gasteiger partial charge on any atom is -0.495 e. The summed E-state index contributed by atoms with van der Waals surface area (Å²) in [5, 5.41) is 3.61. The summed E-state index contributed by atoms with van der Waals surface area (Å²) < 4.78 is 5.23. The molecule has 0 bridgehead atoms. The van der Waals surface area contributed by atoms with Crippen molar-refractivity contribution in [2.45, 2.75) is 6.42 Å². The maximum Gasteiger partial charge on any atom is 0.229 e. The number of carbonyl (C=O) groups is 2. The number of hydrogen-bond acceptors (Lipinski definition) is 3. The van der Waals surface area contributed by atoms with Gasteiger partial charge in [-0.2, -0.15) is 0 Å². The Labute approximate surface area is 155 Å². The zero-order valence-corrected chi connectivity index (χ0v) is 15.0. The fraction of sp³-hybridized carbons (Fsp3) is 0.222. The van der Waals surface area contributed by atoms with Crippen LogP contribution in [-0.2, 0) is 9.59 Å². The molecule has 1 heterocycles. The fourth-order valence-corrected chi connectivity index (χ4v) is 3.06. The molecular weight excluding hydrogens is 363 g/mol. The summed E-state index contributed by atoms with van der Waals surface area (Å²) in [5.41, 5.74) is 1.21. The lowest BCUT2D eigenvalue weighted by molar-refractivity contribution is -0.122. The Morgan fingerprint density at radius 2 is 1.96 bits per heavy atom. The zero-order chi connectivity index (χ0) is 18.0. The van der Waals surface area contributed by atoms with Crippen LogP contribution in [0.5, 0.6) is 5.75 Å². The lowest BCUT2D eigenvalue weighted by atomic mass is 10.1. The molecule has 2 aromatic rings. The van der Waals surface area contributed by atoms with Gasteiger partial charge in [-0.3, -0.25) is 9.59 Å². The highest BCUT2D eigenvalue weighted by Crippen LogP contribution is 2.32. The Hall–Kier alpha value is -2.24. The van der Waals surface area contributed by atoms with Gasteiger partial charge in [-0.15, -0.1) is 0 Å². The Bertz CT molecular complexity index is 826. The van der Waals surface area contributed by atoms with Crippen LogP contribution in [0.2, 0.25) is 10.0 Å². The molecular formula is C18H16Cl2N2O3. The molecule has 1 N–H and O–H groups in total. The van der Waals surface area contributed by atoms with Gasteiger partial charge in [-0.1, -0.05) is 35.3 Å². The molecule has 0 spiro atoms. The molecule has 5 nitrogen and oxygen atoms in total. The summed E-state index contributed by atoms with van der Waals surface area (Å²) >= 11 is 11.9. The standard InChI is InChI=1S/C18H16Cl2N2O3/c1-25-16-5-3-2-4-15(16)21-18(24)11-8-17(23)22(10-11)12-6-7-13(19)14(20)9-12/h2-7,9,11H,8,10H2,1H3,(H,21,24). The third-order valence-corrected chi connectivity index (χ3v) is 4.81. The molecule has 2 amide bonds. The zero-order valence-electron chi connectivity index (χ0n) is 13.5. The highest BCUT2D eigenvalue weighted by atomic mass is 35.5. The maximum absolute atomic E-state index is 12.5. The second-order valence-electron chi connectivity index (χ2n) is 5.69. The number of benzene rings is 2. The summed E-state index contributed by atoms with van der Waals surface area (Å²) in [5.74, 6) is -0.229. The number of carbonyl (C=O) groups excluding carboxylic acids is 2. The van der Waals surface area contributed by atoms with Crippen molar-refractivity contribution in [3.63, 3.8) is 0 Å². The third-order valence-electron chi connectivity index (χ3n) is 4.08. The van der Waals surface area contributed by atoms with Crippen LogP contribution in [0.25, 0.3) is 0 Å². The number of amides is 2. The molecule has 1 aliphatic rings. The van der Waals surface area contributed by atoms with Crippen LogP contribution in [0.4, 0.5) is 11.4 Å². The van der Waals surface area contributed by atoms with Gasteiger partial charge in [0.05, 0.1) is 28.8 Å². The molecule has 1 saturated heterocycles. The number of halogens is 2. The Morgan fingerprint density at radius 3 is 2.68 bits per heavy atom. The van der Waals surface area contributed by atoms with E-state index >= 15 is 0 Å². The van der Waals surface area contributed by atoms with Crippen LogP contribution in [0.15, 0.2) is 42.5 Å². The van der Waals surface area contributed by atoms with Crippen LogP contribution in [0.1, 0.15) is 6.42 Å². The second kappa shape index (κ2) is 7.33. The van der Waals surface area contributed by atoms with Crippen molar-refractivity contribution in [1.82, 2.24) is 0 Å². The van der Waals surface area contributed by atoms with Crippen molar-refractivity contribution in [3.8, 4) is 5.75 Å². The van der Waals surface area contributed by atoms with E-state index in [9.17, 15) is 9.59 Å². The molecule has 0 saturated carbocycles. The maximum atomic E-state index is 12.5. The van der Waals surface area contributed by atoms with E-state index in [4.69, 9.17) is 27.9 Å². The van der Waals surface area contributed by atoms with E-state index in [1.807, 2.05) is 6.07 Å². The van der Waals surface area contributed by atoms with Crippen molar-refractivity contribution in [1.29, 1.82) is 0 Å². The normalized spacial score (nSPS) is 16.8. The number of ether oxygens (including phenoxy) is 1. The molecule has 0 aromatic heterocycles. The van der Waals surface area contributed by atoms with Crippen molar-refractivity contribution in [3.05, 3.63) is 52.5 Å². The SMILES string of the molecule is COc1ccccc1NC(=O)C1CC(=O)N(c2ccc(Cl)c(Cl)c2)C1. The number of nitrogens with zero attached hydrogens (tertiary/aromatic N) is 1. The van der Waals surface area contributed by atoms with Gasteiger partial charge in [-0.05, 0) is 30.3 Å². The van der Waals surface area contributed by atoms with E-state index < -0.39 is 5.92 Å². The number of rotatable bonds is 4. The predicted octanol–water partition coefficient (Wildman–Crippen LogP) is 3.99. The smallest absolute Gasteiger partial charge is 0.229 e. The summed E-state index contributed by atoms with van der Waals surface area (Å²) in [6.07, 6.45) is 0.140. The van der Waals surface area contributed by atoms with Gasteiger partial charge in [0.2, 0.25) is 11.8 Å². The molecule has 7 heteroatoms. The minimum atomic E-state index is -0.452. The third kappa shape index (κ3) is 3.72. The molecule has 0 aliphatic carbocycles. The molecule has 130 valence electrons. The second-order valence-corrected chi connectivity index (χ2v) is 6.51. The molecule has 25 heavy (non-hydrogen) atoms. The van der Waals surface area contributed by atoms with Crippen LogP contribution < -0.4 is 15.0 Å². The molecule has 1 atom stereocenters. The van der Waals surface area contributed by atoms with Crippen molar-refractivity contribution in [2.24, 2.45) is 5.92 Å². The monoisotopic (exact) mass is 378 g/mol. The number of para-hydroxylation sites is 2. The average Bonchev–Trinajstić information content (AvgIpc) is 3.00. The van der Waals surface area contributed by atoms with Gasteiger partial charge >= 0.3 is 0 Å². The largest absolute Gasteiger partial charge is 0.495 e. The summed E-state index contributed by atoms with van der Waals surface area (Å²) in [7, 11) is 1.54. The Balaban J connectivity index is 1.73. The van der Waals surface area contributed by atoms with E-state index in [1.165, 1.54) is 7.11 Å². The molecule has 3 rings (SSSR count). The first-order valence-electron chi connectivity index (χ1n) is 7.69. The van der Waals surface area contributed by atoms with Crippen LogP contribution >= 0.6 is 23.2 Å². The Kier molecular flexibility index (Phi) is 5.16. The van der Waals surface area contributed by atoms with E-state index in [2.05, 4.69) is 5.32 Å². The van der Waals surface area contributed by atoms with Gasteiger partial charge in [0, 0.05) is 18.7 Å². The van der Waals surface area contributed by atoms with Crippen molar-refractivity contribution < 1.29 is 14.3 Å². The van der Waals surface area contributed by atoms with E-state index in [0.29, 0.717) is 27.2 Å². The first-order valence-corrected chi connectivity index (χ1v) is 8.44. The minimum absolute atomic E-state index is 0.126. The molecule has 2 aromatic carbocycles. The number of hydrogen-bond donors (Lipinski definition) is 1. The molecule has 1 unspecified atom stereocenters. The highest BCUT2D eigenvalue weighted by molar-refractivity contribution is 6.42.